The number of hydrogen-bond donors (Lipinski definition) is 1. The highest BCUT2D eigenvalue weighted by atomic mass is 79.9. The van der Waals surface area contributed by atoms with Crippen molar-refractivity contribution in [3.63, 3.8) is 0 Å². The number of nitrogens with one attached hydrogen (secondary N) is 1. The zero-order chi connectivity index (χ0) is 14.3. The van der Waals surface area contributed by atoms with Crippen LogP contribution in [-0.2, 0) is 14.8 Å². The molecule has 1 aromatic rings. The fourth-order valence-electron chi connectivity index (χ4n) is 1.30. The SMILES string of the molecule is CCCOCCCNS(=O)(=O)c1cc(Br)cnc1Cl. The standard InChI is InChI=1S/C11H16BrClN2O3S/c1-2-5-18-6-3-4-15-19(16,17)10-7-9(12)8-14-11(10)13/h7-8,15H,2-6H2,1H3. The summed E-state index contributed by atoms with van der Waals surface area (Å²) in [5.74, 6) is 0. The van der Waals surface area contributed by atoms with Gasteiger partial charge in [0.1, 0.15) is 10.0 Å². The fraction of sp³-hybridized carbons (Fsp3) is 0.545. The van der Waals surface area contributed by atoms with Crippen LogP contribution in [0.25, 0.3) is 0 Å². The first-order chi connectivity index (χ1) is 8.97. The molecule has 0 aliphatic rings. The summed E-state index contributed by atoms with van der Waals surface area (Å²) in [7, 11) is -3.64. The Balaban J connectivity index is 2.54. The topological polar surface area (TPSA) is 68.3 Å². The summed E-state index contributed by atoms with van der Waals surface area (Å²) in [4.78, 5) is 3.76. The summed E-state index contributed by atoms with van der Waals surface area (Å²) >= 11 is 8.95. The maximum atomic E-state index is 12.0. The Labute approximate surface area is 126 Å². The molecule has 0 spiro atoms. The number of pyridine rings is 1. The highest BCUT2D eigenvalue weighted by Gasteiger charge is 2.18. The molecule has 0 saturated heterocycles. The Bertz CT molecular complexity index is 511. The third-order valence-electron chi connectivity index (χ3n) is 2.17. The predicted molar refractivity (Wildman–Crippen MR) is 77.9 cm³/mol. The van der Waals surface area contributed by atoms with Gasteiger partial charge in [-0.2, -0.15) is 0 Å². The van der Waals surface area contributed by atoms with Gasteiger partial charge in [-0.15, -0.1) is 0 Å². The molecule has 0 atom stereocenters. The number of nitrogens with zero attached hydrogens (tertiary/aromatic N) is 1. The third-order valence-corrected chi connectivity index (χ3v) is 4.49. The van der Waals surface area contributed by atoms with Crippen molar-refractivity contribution in [2.24, 2.45) is 0 Å². The van der Waals surface area contributed by atoms with Gasteiger partial charge in [0.2, 0.25) is 10.0 Å². The second-order valence-corrected chi connectivity index (χ2v) is 6.82. The first-order valence-electron chi connectivity index (χ1n) is 5.86. The molecule has 0 aliphatic carbocycles. The minimum Gasteiger partial charge on any atom is -0.381 e. The van der Waals surface area contributed by atoms with E-state index in [1.807, 2.05) is 6.92 Å². The molecule has 1 heterocycles. The van der Waals surface area contributed by atoms with Crippen molar-refractivity contribution in [2.75, 3.05) is 19.8 Å². The molecule has 0 radical (unpaired) electrons. The lowest BCUT2D eigenvalue weighted by atomic mass is 10.4. The Morgan fingerprint density at radius 3 is 2.89 bits per heavy atom. The second kappa shape index (κ2) is 8.16. The Kier molecular flexibility index (Phi) is 7.23. The van der Waals surface area contributed by atoms with Crippen LogP contribution in [0.4, 0.5) is 0 Å². The van der Waals surface area contributed by atoms with Gasteiger partial charge in [-0.25, -0.2) is 18.1 Å². The molecule has 1 aromatic heterocycles. The smallest absolute Gasteiger partial charge is 0.243 e. The largest absolute Gasteiger partial charge is 0.381 e. The van der Waals surface area contributed by atoms with Crippen molar-refractivity contribution in [2.45, 2.75) is 24.7 Å². The highest BCUT2D eigenvalue weighted by molar-refractivity contribution is 9.10. The van der Waals surface area contributed by atoms with Gasteiger partial charge >= 0.3 is 0 Å². The van der Waals surface area contributed by atoms with Gasteiger partial charge in [0, 0.05) is 30.4 Å². The van der Waals surface area contributed by atoms with E-state index in [9.17, 15) is 8.42 Å². The lowest BCUT2D eigenvalue weighted by Crippen LogP contribution is -2.26. The van der Waals surface area contributed by atoms with Crippen molar-refractivity contribution in [1.29, 1.82) is 0 Å². The summed E-state index contributed by atoms with van der Waals surface area (Å²) in [6, 6.07) is 1.42. The van der Waals surface area contributed by atoms with Crippen LogP contribution in [0.3, 0.4) is 0 Å². The second-order valence-electron chi connectivity index (χ2n) is 3.81. The van der Waals surface area contributed by atoms with E-state index in [-0.39, 0.29) is 10.0 Å². The molecule has 5 nitrogen and oxygen atoms in total. The average molecular weight is 372 g/mol. The predicted octanol–water partition coefficient (Wildman–Crippen LogP) is 2.59. The molecular formula is C11H16BrClN2O3S. The lowest BCUT2D eigenvalue weighted by molar-refractivity contribution is 0.133. The maximum absolute atomic E-state index is 12.0. The zero-order valence-electron chi connectivity index (χ0n) is 10.5. The quantitative estimate of drug-likeness (QED) is 0.563. The molecule has 8 heteroatoms. The molecule has 1 N–H and O–H groups in total. The minimum absolute atomic E-state index is 0.0296. The molecule has 0 fully saturated rings. The summed E-state index contributed by atoms with van der Waals surface area (Å²) in [6.45, 7) is 3.54. The average Bonchev–Trinajstić information content (AvgIpc) is 2.36. The molecule has 108 valence electrons. The monoisotopic (exact) mass is 370 g/mol. The van der Waals surface area contributed by atoms with E-state index >= 15 is 0 Å². The number of sulfonamides is 1. The van der Waals surface area contributed by atoms with E-state index in [1.165, 1.54) is 12.3 Å². The van der Waals surface area contributed by atoms with Gasteiger partial charge in [-0.05, 0) is 34.8 Å². The van der Waals surface area contributed by atoms with Crippen LogP contribution in [-0.4, -0.2) is 33.2 Å². The van der Waals surface area contributed by atoms with Gasteiger partial charge in [0.15, 0.2) is 0 Å². The number of rotatable bonds is 8. The van der Waals surface area contributed by atoms with Crippen LogP contribution < -0.4 is 4.72 Å². The normalized spacial score (nSPS) is 11.7. The van der Waals surface area contributed by atoms with Crippen molar-refractivity contribution >= 4 is 37.6 Å². The van der Waals surface area contributed by atoms with E-state index in [2.05, 4.69) is 25.6 Å². The van der Waals surface area contributed by atoms with Crippen LogP contribution in [0.15, 0.2) is 21.6 Å². The summed E-state index contributed by atoms with van der Waals surface area (Å²) in [6.07, 6.45) is 3.00. The summed E-state index contributed by atoms with van der Waals surface area (Å²) < 4.78 is 32.3. The van der Waals surface area contributed by atoms with Crippen LogP contribution in [0, 0.1) is 0 Å². The number of aromatic nitrogens is 1. The van der Waals surface area contributed by atoms with Gasteiger partial charge in [-0.1, -0.05) is 18.5 Å². The van der Waals surface area contributed by atoms with Crippen LogP contribution >= 0.6 is 27.5 Å². The molecule has 0 saturated carbocycles. The first-order valence-corrected chi connectivity index (χ1v) is 8.51. The number of ether oxygens (including phenoxy) is 1. The van der Waals surface area contributed by atoms with Crippen molar-refractivity contribution in [3.05, 3.63) is 21.9 Å². The van der Waals surface area contributed by atoms with Gasteiger partial charge in [0.25, 0.3) is 0 Å². The molecule has 0 amide bonds. The fourth-order valence-corrected chi connectivity index (χ4v) is 3.31. The molecule has 0 unspecified atom stereocenters. The maximum Gasteiger partial charge on any atom is 0.243 e. The molecule has 0 aromatic carbocycles. The summed E-state index contributed by atoms with van der Waals surface area (Å²) in [5.41, 5.74) is 0. The van der Waals surface area contributed by atoms with Crippen LogP contribution in [0.5, 0.6) is 0 Å². The third kappa shape index (κ3) is 5.74. The Morgan fingerprint density at radius 2 is 2.21 bits per heavy atom. The zero-order valence-corrected chi connectivity index (χ0v) is 13.7. The van der Waals surface area contributed by atoms with Crippen molar-refractivity contribution in [1.82, 2.24) is 9.71 Å². The van der Waals surface area contributed by atoms with E-state index < -0.39 is 10.0 Å². The molecular weight excluding hydrogens is 356 g/mol. The number of hydrogen-bond acceptors (Lipinski definition) is 4. The highest BCUT2D eigenvalue weighted by Crippen LogP contribution is 2.22. The van der Waals surface area contributed by atoms with Gasteiger partial charge in [0.05, 0.1) is 0 Å². The van der Waals surface area contributed by atoms with Crippen molar-refractivity contribution < 1.29 is 13.2 Å². The Morgan fingerprint density at radius 1 is 1.47 bits per heavy atom. The minimum atomic E-state index is -3.64. The van der Waals surface area contributed by atoms with Crippen LogP contribution in [0.2, 0.25) is 5.15 Å². The Hall–Kier alpha value is -0.210. The van der Waals surface area contributed by atoms with Crippen molar-refractivity contribution in [3.8, 4) is 0 Å². The van der Waals surface area contributed by atoms with E-state index in [0.29, 0.717) is 30.7 Å². The number of halogens is 2. The molecule has 1 rings (SSSR count). The molecule has 19 heavy (non-hydrogen) atoms. The molecule has 0 bridgehead atoms. The van der Waals surface area contributed by atoms with Gasteiger partial charge < -0.3 is 4.74 Å². The van der Waals surface area contributed by atoms with E-state index in [4.69, 9.17) is 16.3 Å². The first kappa shape index (κ1) is 16.8. The van der Waals surface area contributed by atoms with E-state index in [1.54, 1.807) is 0 Å². The van der Waals surface area contributed by atoms with E-state index in [0.717, 1.165) is 6.42 Å². The molecule has 0 aliphatic heterocycles. The lowest BCUT2D eigenvalue weighted by Gasteiger charge is -2.08. The van der Waals surface area contributed by atoms with Gasteiger partial charge in [-0.3, -0.25) is 0 Å². The summed E-state index contributed by atoms with van der Waals surface area (Å²) in [5, 5.41) is -0.0436. The van der Waals surface area contributed by atoms with Crippen LogP contribution in [0.1, 0.15) is 19.8 Å².